The third-order valence-electron chi connectivity index (χ3n) is 5.63. The SMILES string of the molecule is Cc1ccc(CNc2nc(N3CCNCC3)nc3c2ncn3Cc2ccccc2)cc1. The molecule has 1 aliphatic heterocycles. The molecule has 0 radical (unpaired) electrons. The number of piperazine rings is 1. The predicted octanol–water partition coefficient (Wildman–Crippen LogP) is 3.20. The normalized spacial score (nSPS) is 14.2. The average molecular weight is 414 g/mol. The lowest BCUT2D eigenvalue weighted by atomic mass is 10.1. The van der Waals surface area contributed by atoms with Crippen molar-refractivity contribution in [2.45, 2.75) is 20.0 Å². The topological polar surface area (TPSA) is 70.9 Å². The second-order valence-electron chi connectivity index (χ2n) is 7.98. The van der Waals surface area contributed by atoms with Crippen molar-refractivity contribution in [1.82, 2.24) is 24.8 Å². The van der Waals surface area contributed by atoms with Crippen LogP contribution in [0, 0.1) is 6.92 Å². The van der Waals surface area contributed by atoms with Crippen LogP contribution in [0.3, 0.4) is 0 Å². The summed E-state index contributed by atoms with van der Waals surface area (Å²) in [5.41, 5.74) is 5.36. The summed E-state index contributed by atoms with van der Waals surface area (Å²) < 4.78 is 2.11. The maximum Gasteiger partial charge on any atom is 0.229 e. The molecule has 1 aliphatic rings. The summed E-state index contributed by atoms with van der Waals surface area (Å²) in [5, 5.41) is 6.91. The van der Waals surface area contributed by atoms with Crippen LogP contribution in [-0.4, -0.2) is 45.7 Å². The number of benzene rings is 2. The Kier molecular flexibility index (Phi) is 5.50. The second-order valence-corrected chi connectivity index (χ2v) is 7.98. The molecule has 0 atom stereocenters. The predicted molar refractivity (Wildman–Crippen MR) is 124 cm³/mol. The summed E-state index contributed by atoms with van der Waals surface area (Å²) in [6.45, 7) is 7.20. The molecule has 1 saturated heterocycles. The number of aryl methyl sites for hydroxylation is 1. The average Bonchev–Trinajstić information content (AvgIpc) is 3.22. The number of anilines is 2. The van der Waals surface area contributed by atoms with Crippen molar-refractivity contribution in [2.24, 2.45) is 0 Å². The smallest absolute Gasteiger partial charge is 0.229 e. The Hall–Kier alpha value is -3.45. The van der Waals surface area contributed by atoms with Crippen LogP contribution in [0.2, 0.25) is 0 Å². The number of fused-ring (bicyclic) bond motifs is 1. The van der Waals surface area contributed by atoms with Crippen molar-refractivity contribution in [2.75, 3.05) is 36.4 Å². The van der Waals surface area contributed by atoms with Crippen LogP contribution in [0.5, 0.6) is 0 Å². The lowest BCUT2D eigenvalue weighted by Gasteiger charge is -2.27. The summed E-state index contributed by atoms with van der Waals surface area (Å²) in [7, 11) is 0. The number of nitrogens with zero attached hydrogens (tertiary/aromatic N) is 5. The standard InChI is InChI=1S/C24H27N7/c1-18-7-9-19(10-8-18)15-26-22-21-23(29-24(28-22)30-13-11-25-12-14-30)31(17-27-21)16-20-5-3-2-4-6-20/h2-10,17,25H,11-16H2,1H3,(H,26,28,29). The highest BCUT2D eigenvalue weighted by Crippen LogP contribution is 2.24. The number of imidazole rings is 1. The Labute approximate surface area is 182 Å². The fourth-order valence-electron chi connectivity index (χ4n) is 3.85. The minimum Gasteiger partial charge on any atom is -0.364 e. The highest BCUT2D eigenvalue weighted by molar-refractivity contribution is 5.84. The first-order chi connectivity index (χ1) is 15.3. The van der Waals surface area contributed by atoms with Gasteiger partial charge in [-0.05, 0) is 18.1 Å². The van der Waals surface area contributed by atoms with E-state index in [1.807, 2.05) is 12.4 Å². The monoisotopic (exact) mass is 413 g/mol. The molecule has 0 bridgehead atoms. The van der Waals surface area contributed by atoms with Gasteiger partial charge in [-0.1, -0.05) is 60.2 Å². The van der Waals surface area contributed by atoms with Gasteiger partial charge in [-0.2, -0.15) is 9.97 Å². The minimum absolute atomic E-state index is 0.693. The summed E-state index contributed by atoms with van der Waals surface area (Å²) >= 11 is 0. The fraction of sp³-hybridized carbons (Fsp3) is 0.292. The Morgan fingerprint density at radius 3 is 2.48 bits per heavy atom. The van der Waals surface area contributed by atoms with E-state index in [1.165, 1.54) is 16.7 Å². The first-order valence-corrected chi connectivity index (χ1v) is 10.8. The van der Waals surface area contributed by atoms with Crippen LogP contribution in [0.25, 0.3) is 11.2 Å². The van der Waals surface area contributed by atoms with E-state index in [1.54, 1.807) is 0 Å². The van der Waals surface area contributed by atoms with Crippen molar-refractivity contribution in [1.29, 1.82) is 0 Å². The van der Waals surface area contributed by atoms with Crippen LogP contribution in [-0.2, 0) is 13.1 Å². The van der Waals surface area contributed by atoms with Gasteiger partial charge in [0.05, 0.1) is 12.9 Å². The molecule has 31 heavy (non-hydrogen) atoms. The van der Waals surface area contributed by atoms with Gasteiger partial charge in [-0.25, -0.2) is 4.98 Å². The third kappa shape index (κ3) is 4.36. The van der Waals surface area contributed by atoms with Gasteiger partial charge in [0.15, 0.2) is 17.0 Å². The lowest BCUT2D eigenvalue weighted by molar-refractivity contribution is 0.580. The number of rotatable bonds is 6. The molecule has 1 fully saturated rings. The first kappa shape index (κ1) is 19.5. The molecule has 2 N–H and O–H groups in total. The Morgan fingerprint density at radius 1 is 0.935 bits per heavy atom. The van der Waals surface area contributed by atoms with Gasteiger partial charge in [-0.15, -0.1) is 0 Å². The highest BCUT2D eigenvalue weighted by Gasteiger charge is 2.19. The first-order valence-electron chi connectivity index (χ1n) is 10.8. The van der Waals surface area contributed by atoms with Crippen molar-refractivity contribution >= 4 is 22.9 Å². The summed E-state index contributed by atoms with van der Waals surface area (Å²) in [6, 6.07) is 19.0. The largest absolute Gasteiger partial charge is 0.364 e. The van der Waals surface area contributed by atoms with Gasteiger partial charge >= 0.3 is 0 Å². The molecule has 0 saturated carbocycles. The van der Waals surface area contributed by atoms with Gasteiger partial charge in [-0.3, -0.25) is 0 Å². The fourth-order valence-corrected chi connectivity index (χ4v) is 3.85. The number of aromatic nitrogens is 4. The van der Waals surface area contributed by atoms with E-state index in [4.69, 9.17) is 9.97 Å². The molecule has 3 heterocycles. The molecular formula is C24H27N7. The molecular weight excluding hydrogens is 386 g/mol. The Morgan fingerprint density at radius 2 is 1.71 bits per heavy atom. The van der Waals surface area contributed by atoms with Gasteiger partial charge in [0, 0.05) is 32.7 Å². The molecule has 7 nitrogen and oxygen atoms in total. The second kappa shape index (κ2) is 8.73. The van der Waals surface area contributed by atoms with E-state index in [0.29, 0.717) is 6.54 Å². The zero-order valence-electron chi connectivity index (χ0n) is 17.8. The van der Waals surface area contributed by atoms with Crippen molar-refractivity contribution in [3.63, 3.8) is 0 Å². The van der Waals surface area contributed by atoms with Crippen LogP contribution in [0.1, 0.15) is 16.7 Å². The molecule has 158 valence electrons. The molecule has 0 aliphatic carbocycles. The molecule has 2 aromatic heterocycles. The number of hydrogen-bond donors (Lipinski definition) is 2. The molecule has 4 aromatic rings. The van der Waals surface area contributed by atoms with Crippen LogP contribution in [0.15, 0.2) is 60.9 Å². The maximum absolute atomic E-state index is 4.93. The van der Waals surface area contributed by atoms with Crippen molar-refractivity contribution < 1.29 is 0 Å². The number of nitrogens with one attached hydrogen (secondary N) is 2. The quantitative estimate of drug-likeness (QED) is 0.506. The Balaban J connectivity index is 1.50. The summed E-state index contributed by atoms with van der Waals surface area (Å²) in [6.07, 6.45) is 1.87. The molecule has 2 aromatic carbocycles. The third-order valence-corrected chi connectivity index (χ3v) is 5.63. The van der Waals surface area contributed by atoms with Crippen LogP contribution >= 0.6 is 0 Å². The molecule has 0 amide bonds. The van der Waals surface area contributed by atoms with Crippen LogP contribution in [0.4, 0.5) is 11.8 Å². The van der Waals surface area contributed by atoms with E-state index in [2.05, 4.69) is 80.5 Å². The maximum atomic E-state index is 4.93. The Bertz CT molecular complexity index is 1150. The number of hydrogen-bond acceptors (Lipinski definition) is 6. The minimum atomic E-state index is 0.693. The van der Waals surface area contributed by atoms with E-state index >= 15 is 0 Å². The van der Waals surface area contributed by atoms with E-state index in [0.717, 1.165) is 55.7 Å². The van der Waals surface area contributed by atoms with Gasteiger partial charge in [0.1, 0.15) is 0 Å². The van der Waals surface area contributed by atoms with Crippen LogP contribution < -0.4 is 15.5 Å². The van der Waals surface area contributed by atoms with Gasteiger partial charge in [0.25, 0.3) is 0 Å². The summed E-state index contributed by atoms with van der Waals surface area (Å²) in [4.78, 5) is 16.7. The van der Waals surface area contributed by atoms with Crippen molar-refractivity contribution in [3.05, 3.63) is 77.6 Å². The lowest BCUT2D eigenvalue weighted by Crippen LogP contribution is -2.44. The van der Waals surface area contributed by atoms with E-state index in [-0.39, 0.29) is 0 Å². The van der Waals surface area contributed by atoms with Gasteiger partial charge < -0.3 is 20.1 Å². The van der Waals surface area contributed by atoms with Crippen molar-refractivity contribution in [3.8, 4) is 0 Å². The highest BCUT2D eigenvalue weighted by atomic mass is 15.3. The molecule has 0 spiro atoms. The molecule has 7 heteroatoms. The zero-order chi connectivity index (χ0) is 21.0. The molecule has 5 rings (SSSR count). The van der Waals surface area contributed by atoms with E-state index < -0.39 is 0 Å². The summed E-state index contributed by atoms with van der Waals surface area (Å²) in [5.74, 6) is 1.54. The zero-order valence-corrected chi connectivity index (χ0v) is 17.8. The molecule has 0 unspecified atom stereocenters. The van der Waals surface area contributed by atoms with Gasteiger partial charge in [0.2, 0.25) is 5.95 Å². The van der Waals surface area contributed by atoms with E-state index in [9.17, 15) is 0 Å².